The molecule has 0 aliphatic rings. The van der Waals surface area contributed by atoms with Gasteiger partial charge in [-0.2, -0.15) is 0 Å². The molecular formula is C29H40O6. The number of rotatable bonds is 17. The van der Waals surface area contributed by atoms with Gasteiger partial charge in [0.15, 0.2) is 0 Å². The van der Waals surface area contributed by atoms with Crippen LogP contribution in [0.4, 0.5) is 0 Å². The molecule has 6 heteroatoms. The Morgan fingerprint density at radius 1 is 0.886 bits per heavy atom. The van der Waals surface area contributed by atoms with Crippen molar-refractivity contribution in [2.45, 2.75) is 84.2 Å². The molecule has 0 aliphatic heterocycles. The maximum Gasteiger partial charge on any atom is 0.338 e. The van der Waals surface area contributed by atoms with Gasteiger partial charge in [-0.25, -0.2) is 4.79 Å². The summed E-state index contributed by atoms with van der Waals surface area (Å²) in [6, 6.07) is 12.1. The number of hydrogen-bond acceptors (Lipinski definition) is 5. The molecule has 35 heavy (non-hydrogen) atoms. The molecule has 0 radical (unpaired) electrons. The van der Waals surface area contributed by atoms with Gasteiger partial charge in [0.1, 0.15) is 11.9 Å². The van der Waals surface area contributed by atoms with Gasteiger partial charge in [0, 0.05) is 6.42 Å². The molecule has 2 aromatic carbocycles. The maximum absolute atomic E-state index is 12.1. The number of aliphatic hydroxyl groups excluding tert-OH is 1. The van der Waals surface area contributed by atoms with Crippen molar-refractivity contribution in [3.8, 4) is 5.75 Å². The highest BCUT2D eigenvalue weighted by atomic mass is 16.5. The van der Waals surface area contributed by atoms with Gasteiger partial charge in [-0.1, -0.05) is 70.1 Å². The molecule has 0 aliphatic carbocycles. The first-order valence-corrected chi connectivity index (χ1v) is 12.9. The highest BCUT2D eigenvalue weighted by Crippen LogP contribution is 2.29. The molecule has 1 atom stereocenters. The van der Waals surface area contributed by atoms with E-state index in [9.17, 15) is 14.7 Å². The summed E-state index contributed by atoms with van der Waals surface area (Å²) in [4.78, 5) is 23.2. The zero-order valence-corrected chi connectivity index (χ0v) is 21.1. The van der Waals surface area contributed by atoms with Crippen LogP contribution in [0.3, 0.4) is 0 Å². The van der Waals surface area contributed by atoms with Crippen molar-refractivity contribution < 1.29 is 29.3 Å². The minimum atomic E-state index is -0.963. The number of hydrogen-bond donors (Lipinski definition) is 2. The zero-order valence-electron chi connectivity index (χ0n) is 21.1. The van der Waals surface area contributed by atoms with E-state index in [2.05, 4.69) is 6.92 Å². The van der Waals surface area contributed by atoms with Crippen LogP contribution in [-0.4, -0.2) is 35.4 Å². The van der Waals surface area contributed by atoms with E-state index in [0.717, 1.165) is 18.4 Å². The predicted molar refractivity (Wildman–Crippen MR) is 137 cm³/mol. The molecular weight excluding hydrogens is 444 g/mol. The van der Waals surface area contributed by atoms with Crippen LogP contribution in [0.15, 0.2) is 42.5 Å². The zero-order chi connectivity index (χ0) is 25.5. The van der Waals surface area contributed by atoms with Crippen LogP contribution in [0.5, 0.6) is 5.75 Å². The molecule has 0 bridgehead atoms. The van der Waals surface area contributed by atoms with Crippen molar-refractivity contribution in [1.82, 2.24) is 0 Å². The van der Waals surface area contributed by atoms with E-state index < -0.39 is 18.0 Å². The Hall–Kier alpha value is -2.86. The highest BCUT2D eigenvalue weighted by molar-refractivity contribution is 5.89. The topological polar surface area (TPSA) is 93.1 Å². The number of esters is 1. The second kappa shape index (κ2) is 15.9. The number of ether oxygens (including phenoxy) is 2. The molecule has 0 spiro atoms. The minimum Gasteiger partial charge on any atom is -0.493 e. The van der Waals surface area contributed by atoms with Crippen LogP contribution < -0.4 is 4.74 Å². The third-order valence-corrected chi connectivity index (χ3v) is 5.98. The molecule has 0 saturated carbocycles. The summed E-state index contributed by atoms with van der Waals surface area (Å²) >= 11 is 0. The molecule has 0 heterocycles. The number of aliphatic carboxylic acids is 1. The summed E-state index contributed by atoms with van der Waals surface area (Å²) in [7, 11) is 0. The van der Waals surface area contributed by atoms with Crippen molar-refractivity contribution >= 4 is 11.9 Å². The summed E-state index contributed by atoms with van der Waals surface area (Å²) in [5, 5.41) is 20.1. The molecule has 0 amide bonds. The molecule has 2 rings (SSSR count). The number of carbonyl (C=O) groups excluding carboxylic acids is 1. The Labute approximate surface area is 209 Å². The summed E-state index contributed by atoms with van der Waals surface area (Å²) in [6.45, 7) is 4.82. The third kappa shape index (κ3) is 10.1. The van der Waals surface area contributed by atoms with Crippen LogP contribution in [0.1, 0.15) is 105 Å². The average molecular weight is 485 g/mol. The van der Waals surface area contributed by atoms with Crippen LogP contribution in [-0.2, 0) is 16.0 Å². The molecule has 2 aromatic rings. The molecule has 0 aromatic heterocycles. The summed E-state index contributed by atoms with van der Waals surface area (Å²) in [5.41, 5.74) is 2.31. The van der Waals surface area contributed by atoms with Gasteiger partial charge in [-0.15, -0.1) is 0 Å². The van der Waals surface area contributed by atoms with E-state index in [0.29, 0.717) is 35.5 Å². The van der Waals surface area contributed by atoms with E-state index in [-0.39, 0.29) is 13.0 Å². The lowest BCUT2D eigenvalue weighted by Gasteiger charge is -2.17. The van der Waals surface area contributed by atoms with Crippen LogP contribution in [0.25, 0.3) is 0 Å². The van der Waals surface area contributed by atoms with Crippen molar-refractivity contribution in [2.24, 2.45) is 0 Å². The number of benzene rings is 2. The fourth-order valence-corrected chi connectivity index (χ4v) is 4.01. The second-order valence-electron chi connectivity index (χ2n) is 8.83. The normalized spacial score (nSPS) is 11.7. The molecule has 2 N–H and O–H groups in total. The quantitative estimate of drug-likeness (QED) is 0.197. The number of carboxylic acids is 1. The summed E-state index contributed by atoms with van der Waals surface area (Å²) < 4.78 is 11.0. The molecule has 0 fully saturated rings. The lowest BCUT2D eigenvalue weighted by Crippen LogP contribution is -2.08. The van der Waals surface area contributed by atoms with E-state index >= 15 is 0 Å². The van der Waals surface area contributed by atoms with E-state index in [1.54, 1.807) is 49.4 Å². The molecule has 6 nitrogen and oxygen atoms in total. The fraction of sp³-hybridized carbons (Fsp3) is 0.517. The lowest BCUT2D eigenvalue weighted by atomic mass is 9.96. The van der Waals surface area contributed by atoms with Gasteiger partial charge in [-0.05, 0) is 60.7 Å². The average Bonchev–Trinajstić information content (AvgIpc) is 2.86. The smallest absolute Gasteiger partial charge is 0.338 e. The first-order chi connectivity index (χ1) is 17.0. The van der Waals surface area contributed by atoms with Gasteiger partial charge in [-0.3, -0.25) is 4.79 Å². The Bertz CT molecular complexity index is 923. The number of aryl methyl sites for hydroxylation is 1. The second-order valence-corrected chi connectivity index (χ2v) is 8.83. The first kappa shape index (κ1) is 28.4. The van der Waals surface area contributed by atoms with Gasteiger partial charge < -0.3 is 19.7 Å². The first-order valence-electron chi connectivity index (χ1n) is 12.9. The van der Waals surface area contributed by atoms with Gasteiger partial charge in [0.25, 0.3) is 0 Å². The summed E-state index contributed by atoms with van der Waals surface area (Å²) in [6.07, 6.45) is 9.03. The number of aliphatic hydroxyl groups is 1. The number of unbranched alkanes of at least 4 members (excludes halogenated alkanes) is 7. The largest absolute Gasteiger partial charge is 0.493 e. The van der Waals surface area contributed by atoms with E-state index in [4.69, 9.17) is 14.6 Å². The third-order valence-electron chi connectivity index (χ3n) is 5.98. The fourth-order valence-electron chi connectivity index (χ4n) is 4.01. The molecule has 1 unspecified atom stereocenters. The van der Waals surface area contributed by atoms with Crippen molar-refractivity contribution in [3.05, 3.63) is 64.7 Å². The van der Waals surface area contributed by atoms with Crippen molar-refractivity contribution in [1.29, 1.82) is 0 Å². The molecule has 192 valence electrons. The maximum atomic E-state index is 12.1. The molecule has 0 saturated heterocycles. The minimum absolute atomic E-state index is 0.0218. The Morgan fingerprint density at radius 2 is 1.57 bits per heavy atom. The lowest BCUT2D eigenvalue weighted by molar-refractivity contribution is -0.136. The monoisotopic (exact) mass is 484 g/mol. The Balaban J connectivity index is 2.03. The highest BCUT2D eigenvalue weighted by Gasteiger charge is 2.16. The van der Waals surface area contributed by atoms with Crippen LogP contribution in [0.2, 0.25) is 0 Å². The Morgan fingerprint density at radius 3 is 2.26 bits per heavy atom. The van der Waals surface area contributed by atoms with Gasteiger partial charge in [0.2, 0.25) is 0 Å². The Kier molecular flexibility index (Phi) is 12.9. The number of carboxylic acid groups (broad SMARTS) is 1. The van der Waals surface area contributed by atoms with Crippen LogP contribution >= 0.6 is 0 Å². The summed E-state index contributed by atoms with van der Waals surface area (Å²) in [5.74, 6) is -0.661. The predicted octanol–water partition coefficient (Wildman–Crippen LogP) is 6.48. The number of carbonyl (C=O) groups is 2. The van der Waals surface area contributed by atoms with Crippen LogP contribution in [0, 0.1) is 0 Å². The van der Waals surface area contributed by atoms with E-state index in [1.165, 1.54) is 38.5 Å². The van der Waals surface area contributed by atoms with Crippen molar-refractivity contribution in [2.75, 3.05) is 13.2 Å². The van der Waals surface area contributed by atoms with Crippen molar-refractivity contribution in [3.63, 3.8) is 0 Å². The SMILES string of the molecule is CCCCCCCCCCOc1ccc(C(O)c2cccc(C(=O)OCC)c2)cc1CCC(=O)O. The van der Waals surface area contributed by atoms with Gasteiger partial charge in [0.05, 0.1) is 18.8 Å². The van der Waals surface area contributed by atoms with Gasteiger partial charge >= 0.3 is 11.9 Å². The van der Waals surface area contributed by atoms with E-state index in [1.807, 2.05) is 0 Å². The standard InChI is InChI=1S/C29H40O6/c1-3-5-6-7-8-9-10-11-19-35-26-17-15-24(20-22(26)16-18-27(30)31)28(32)23-13-12-14-25(21-23)29(33)34-4-2/h12-15,17,20-21,28,32H,3-11,16,18-19H2,1-2H3,(H,30,31).